The van der Waals surface area contributed by atoms with Gasteiger partial charge in [0.05, 0.1) is 16.8 Å². The van der Waals surface area contributed by atoms with Crippen LogP contribution in [0.1, 0.15) is 45.4 Å². The van der Waals surface area contributed by atoms with Crippen LogP contribution in [0.5, 0.6) is 0 Å². The van der Waals surface area contributed by atoms with E-state index in [4.69, 9.17) is 4.74 Å². The number of Topliss-reactive ketones (excluding diaryl/α,β-unsaturated/α-hetero) is 1. The maximum Gasteiger partial charge on any atom is 0.193 e. The molecule has 4 rings (SSSR count). The van der Waals surface area contributed by atoms with E-state index in [9.17, 15) is 20.1 Å². The molecule has 4 fully saturated rings. The van der Waals surface area contributed by atoms with E-state index in [1.54, 1.807) is 0 Å². The highest BCUT2D eigenvalue weighted by Crippen LogP contribution is 2.62. The van der Waals surface area contributed by atoms with Gasteiger partial charge in [-0.2, -0.15) is 0 Å². The molecule has 0 aromatic rings. The highest BCUT2D eigenvalue weighted by Gasteiger charge is 2.69. The molecule has 0 amide bonds. The average molecular weight is 268 g/mol. The molecule has 4 saturated carbocycles. The molecule has 0 unspecified atom stereocenters. The maximum absolute atomic E-state index is 11.3. The molecule has 0 spiro atoms. The number of hydrogen-bond acceptors (Lipinski definition) is 5. The Morgan fingerprint density at radius 2 is 1.32 bits per heavy atom. The summed E-state index contributed by atoms with van der Waals surface area (Å²) in [6, 6.07) is 0. The molecule has 0 aromatic carbocycles. The van der Waals surface area contributed by atoms with Crippen molar-refractivity contribution in [3.63, 3.8) is 0 Å². The molecule has 4 aliphatic carbocycles. The fourth-order valence-corrected chi connectivity index (χ4v) is 4.83. The second-order valence-corrected chi connectivity index (χ2v) is 7.00. The molecular formula is C14H20O5. The van der Waals surface area contributed by atoms with E-state index in [0.717, 1.165) is 0 Å². The highest BCUT2D eigenvalue weighted by molar-refractivity contribution is 5.90. The van der Waals surface area contributed by atoms with Gasteiger partial charge in [0.15, 0.2) is 11.5 Å². The number of allylic oxidation sites excluding steroid dienone is 1. The number of carbonyl (C=O) groups excluding carboxylic acids is 1. The Morgan fingerprint density at radius 3 is 1.63 bits per heavy atom. The summed E-state index contributed by atoms with van der Waals surface area (Å²) in [6.07, 6.45) is 1.78. The van der Waals surface area contributed by atoms with Gasteiger partial charge in [-0.15, -0.1) is 0 Å². The van der Waals surface area contributed by atoms with Crippen molar-refractivity contribution >= 4 is 5.78 Å². The van der Waals surface area contributed by atoms with E-state index in [-0.39, 0.29) is 30.8 Å². The lowest BCUT2D eigenvalue weighted by Gasteiger charge is -2.65. The van der Waals surface area contributed by atoms with Crippen LogP contribution in [-0.4, -0.2) is 43.5 Å². The standard InChI is InChI=1S/C14H20O5/c1-9(15)10(2)19-14-6-11(16)3-12(17,7-14)5-13(18,4-11)8-14/h16-18H,2-8H2,1H3. The molecule has 4 aliphatic rings. The number of ketones is 1. The van der Waals surface area contributed by atoms with Crippen LogP contribution >= 0.6 is 0 Å². The van der Waals surface area contributed by atoms with Crippen molar-refractivity contribution in [3.05, 3.63) is 12.3 Å². The molecule has 5 heteroatoms. The molecule has 0 saturated heterocycles. The van der Waals surface area contributed by atoms with Crippen LogP contribution in [0.15, 0.2) is 12.3 Å². The number of ether oxygens (including phenoxy) is 1. The van der Waals surface area contributed by atoms with Gasteiger partial charge in [-0.25, -0.2) is 0 Å². The first kappa shape index (κ1) is 13.1. The summed E-state index contributed by atoms with van der Waals surface area (Å²) in [5.74, 6) is -0.250. The zero-order chi connectivity index (χ0) is 14.1. The average Bonchev–Trinajstić information content (AvgIpc) is 2.07. The minimum Gasteiger partial charge on any atom is -0.484 e. The molecule has 0 aromatic heterocycles. The van der Waals surface area contributed by atoms with Crippen LogP contribution in [-0.2, 0) is 9.53 Å². The second kappa shape index (κ2) is 3.40. The van der Waals surface area contributed by atoms with Crippen LogP contribution in [0.25, 0.3) is 0 Å². The Bertz CT molecular complexity index is 415. The normalized spacial score (nSPS) is 51.2. The first-order valence-corrected chi connectivity index (χ1v) is 6.63. The quantitative estimate of drug-likeness (QED) is 0.510. The summed E-state index contributed by atoms with van der Waals surface area (Å²) in [4.78, 5) is 11.3. The Kier molecular flexibility index (Phi) is 2.34. The fourth-order valence-electron chi connectivity index (χ4n) is 4.83. The predicted molar refractivity (Wildman–Crippen MR) is 66.2 cm³/mol. The number of carbonyl (C=O) groups is 1. The molecule has 0 atom stereocenters. The number of aliphatic hydroxyl groups is 3. The lowest BCUT2D eigenvalue weighted by Crippen LogP contribution is -2.72. The molecular weight excluding hydrogens is 248 g/mol. The molecule has 0 aliphatic heterocycles. The summed E-state index contributed by atoms with van der Waals surface area (Å²) in [6.45, 7) is 4.94. The molecule has 106 valence electrons. The third-order valence-corrected chi connectivity index (χ3v) is 4.66. The summed E-state index contributed by atoms with van der Waals surface area (Å²) >= 11 is 0. The van der Waals surface area contributed by atoms with Gasteiger partial charge in [-0.05, 0) is 0 Å². The van der Waals surface area contributed by atoms with E-state index in [2.05, 4.69) is 6.58 Å². The van der Waals surface area contributed by atoms with E-state index in [0.29, 0.717) is 19.3 Å². The van der Waals surface area contributed by atoms with E-state index in [1.165, 1.54) is 6.92 Å². The van der Waals surface area contributed by atoms with Crippen LogP contribution in [0.4, 0.5) is 0 Å². The van der Waals surface area contributed by atoms with Crippen LogP contribution in [0.3, 0.4) is 0 Å². The highest BCUT2D eigenvalue weighted by atomic mass is 16.5. The minimum absolute atomic E-state index is 0.0257. The van der Waals surface area contributed by atoms with Gasteiger partial charge >= 0.3 is 0 Å². The second-order valence-electron chi connectivity index (χ2n) is 7.00. The number of hydrogen-bond donors (Lipinski definition) is 3. The van der Waals surface area contributed by atoms with Gasteiger partial charge in [0.2, 0.25) is 0 Å². The largest absolute Gasteiger partial charge is 0.484 e. The van der Waals surface area contributed by atoms with Crippen molar-refractivity contribution in [1.29, 1.82) is 0 Å². The first-order chi connectivity index (χ1) is 8.57. The van der Waals surface area contributed by atoms with Crippen LogP contribution < -0.4 is 0 Å². The summed E-state index contributed by atoms with van der Waals surface area (Å²) < 4.78 is 5.68. The first-order valence-electron chi connectivity index (χ1n) is 6.63. The van der Waals surface area contributed by atoms with Crippen LogP contribution in [0, 0.1) is 0 Å². The Morgan fingerprint density at radius 1 is 0.947 bits per heavy atom. The molecule has 3 N–H and O–H groups in total. The lowest BCUT2D eigenvalue weighted by atomic mass is 9.48. The summed E-state index contributed by atoms with van der Waals surface area (Å²) in [5, 5.41) is 31.6. The van der Waals surface area contributed by atoms with Crippen molar-refractivity contribution in [2.75, 3.05) is 0 Å². The Hall–Kier alpha value is -0.910. The molecule has 19 heavy (non-hydrogen) atoms. The molecule has 0 heterocycles. The summed E-state index contributed by atoms with van der Waals surface area (Å²) in [5.41, 5.74) is -4.23. The van der Waals surface area contributed by atoms with Gasteiger partial charge < -0.3 is 20.1 Å². The third kappa shape index (κ3) is 2.00. The molecule has 5 nitrogen and oxygen atoms in total. The Balaban J connectivity index is 1.95. The monoisotopic (exact) mass is 268 g/mol. The third-order valence-electron chi connectivity index (χ3n) is 4.66. The zero-order valence-electron chi connectivity index (χ0n) is 11.1. The zero-order valence-corrected chi connectivity index (χ0v) is 11.1. The van der Waals surface area contributed by atoms with Gasteiger partial charge in [0, 0.05) is 45.4 Å². The van der Waals surface area contributed by atoms with Gasteiger partial charge in [0.1, 0.15) is 5.60 Å². The number of rotatable bonds is 3. The minimum atomic E-state index is -1.12. The van der Waals surface area contributed by atoms with Gasteiger partial charge in [0.25, 0.3) is 0 Å². The maximum atomic E-state index is 11.3. The predicted octanol–water partition coefficient (Wildman–Crippen LogP) is 0.419. The topological polar surface area (TPSA) is 87.0 Å². The van der Waals surface area contributed by atoms with Crippen molar-refractivity contribution < 1.29 is 24.9 Å². The fraction of sp³-hybridized carbons (Fsp3) is 0.786. The Labute approximate surface area is 111 Å². The summed E-state index contributed by atoms with van der Waals surface area (Å²) in [7, 11) is 0. The van der Waals surface area contributed by atoms with Crippen molar-refractivity contribution in [2.24, 2.45) is 0 Å². The van der Waals surface area contributed by atoms with Crippen molar-refractivity contribution in [2.45, 2.75) is 67.9 Å². The van der Waals surface area contributed by atoms with Crippen molar-refractivity contribution in [1.82, 2.24) is 0 Å². The SMILES string of the molecule is C=C(OC12CC3(O)CC(O)(CC(O)(C3)C1)C2)C(C)=O. The lowest BCUT2D eigenvalue weighted by molar-refractivity contribution is -0.300. The molecule has 4 bridgehead atoms. The van der Waals surface area contributed by atoms with Crippen LogP contribution in [0.2, 0.25) is 0 Å². The molecule has 0 radical (unpaired) electrons. The van der Waals surface area contributed by atoms with E-state index >= 15 is 0 Å². The smallest absolute Gasteiger partial charge is 0.193 e. The van der Waals surface area contributed by atoms with Gasteiger partial charge in [-0.1, -0.05) is 6.58 Å². The van der Waals surface area contributed by atoms with E-state index < -0.39 is 22.4 Å². The van der Waals surface area contributed by atoms with Gasteiger partial charge in [-0.3, -0.25) is 4.79 Å². The van der Waals surface area contributed by atoms with Crippen molar-refractivity contribution in [3.8, 4) is 0 Å². The van der Waals surface area contributed by atoms with E-state index in [1.807, 2.05) is 0 Å².